The van der Waals surface area contributed by atoms with Gasteiger partial charge in [0.15, 0.2) is 0 Å². The van der Waals surface area contributed by atoms with E-state index in [0.717, 1.165) is 0 Å². The van der Waals surface area contributed by atoms with Gasteiger partial charge in [-0.15, -0.1) is 5.57 Å². The minimum Gasteiger partial charge on any atom is -0.878 e. The van der Waals surface area contributed by atoms with Crippen LogP contribution in [0.1, 0.15) is 12.0 Å². The Morgan fingerprint density at radius 3 is 2.73 bits per heavy atom. The second-order valence-corrected chi connectivity index (χ2v) is 4.36. The normalized spacial score (nSPS) is 11.4. The molecule has 110 valence electrons. The first kappa shape index (κ1) is 20.3. The average Bonchev–Trinajstić information content (AvgIpc) is 2.47. The molecule has 0 bridgehead atoms. The number of methoxy groups -OCH3 is 1. The maximum absolute atomic E-state index is 10.6. The summed E-state index contributed by atoms with van der Waals surface area (Å²) in [4.78, 5) is 10.6. The van der Waals surface area contributed by atoms with Crippen LogP contribution in [0.3, 0.4) is 0 Å². The van der Waals surface area contributed by atoms with E-state index in [2.05, 4.69) is 6.08 Å². The van der Waals surface area contributed by atoms with Gasteiger partial charge in [-0.25, -0.2) is 6.08 Å². The number of hydrogen-bond acceptors (Lipinski definition) is 2. The molecule has 0 aromatic heterocycles. The number of carbonyl (C=O) groups is 1. The molecule has 1 aromatic rings. The van der Waals surface area contributed by atoms with Crippen molar-refractivity contribution < 1.29 is 33.5 Å². The molecular weight excluding hydrogens is 297 g/mol. The van der Waals surface area contributed by atoms with Gasteiger partial charge in [0.1, 0.15) is 5.75 Å². The summed E-state index contributed by atoms with van der Waals surface area (Å²) in [5.41, 5.74) is 1.15. The number of aliphatic carboxylic acids is 1. The molecule has 0 aliphatic heterocycles. The van der Waals surface area contributed by atoms with Crippen LogP contribution in [-0.4, -0.2) is 24.4 Å². The summed E-state index contributed by atoms with van der Waals surface area (Å²) >= 11 is 6.13. The van der Waals surface area contributed by atoms with Crippen molar-refractivity contribution in [2.45, 2.75) is 6.42 Å². The average molecular weight is 310 g/mol. The fourth-order valence-corrected chi connectivity index (χ4v) is 1.90. The molecule has 22 heavy (non-hydrogen) atoms. The molecule has 0 heterocycles. The molecule has 1 rings (SSSR count). The van der Waals surface area contributed by atoms with Gasteiger partial charge in [-0.2, -0.15) is 17.7 Å². The Kier molecular flexibility index (Phi) is 9.28. The number of hydrogen-bond donors (Lipinski definition) is 1. The van der Waals surface area contributed by atoms with Crippen LogP contribution in [0.15, 0.2) is 35.9 Å². The van der Waals surface area contributed by atoms with E-state index in [4.69, 9.17) is 33.4 Å². The quantitative estimate of drug-likeness (QED) is 0.346. The zero-order valence-electron chi connectivity index (χ0n) is 12.3. The van der Waals surface area contributed by atoms with Crippen LogP contribution in [-0.2, 0) is 4.79 Å². The van der Waals surface area contributed by atoms with Gasteiger partial charge in [-0.1, -0.05) is 17.7 Å². The summed E-state index contributed by atoms with van der Waals surface area (Å²) in [6, 6.07) is 5.13. The number of nitrogens with zero attached hydrogens (tertiary/aromatic N) is 1. The molecule has 0 saturated heterocycles. The Bertz CT molecular complexity index is 624. The fourth-order valence-electron chi connectivity index (χ4n) is 1.63. The van der Waals surface area contributed by atoms with Crippen molar-refractivity contribution in [2.24, 2.45) is 0 Å². The standard InChI is InChI=1S/C16H13ClNO3.Li/c1-3-12(8-7-11(10-18)9-15(19)20)16-13(17)5-4-6-14(16)21-2;/h1,3-6,8,10H,9H2,2H3,(H,19,20);/q-3;+1/b12-8+;. The summed E-state index contributed by atoms with van der Waals surface area (Å²) in [6.07, 6.45) is 5.74. The van der Waals surface area contributed by atoms with Crippen molar-refractivity contribution in [3.63, 3.8) is 0 Å². The van der Waals surface area contributed by atoms with Crippen LogP contribution < -0.4 is 23.6 Å². The zero-order chi connectivity index (χ0) is 15.8. The van der Waals surface area contributed by atoms with E-state index in [0.29, 0.717) is 28.1 Å². The molecule has 0 radical (unpaired) electrons. The first-order chi connectivity index (χ1) is 10.0. The van der Waals surface area contributed by atoms with E-state index in [-0.39, 0.29) is 30.9 Å². The third kappa shape index (κ3) is 5.57. The maximum Gasteiger partial charge on any atom is 1.00 e. The molecule has 6 heteroatoms. The smallest absolute Gasteiger partial charge is 0.878 e. The van der Waals surface area contributed by atoms with Gasteiger partial charge in [0, 0.05) is 11.4 Å². The second kappa shape index (κ2) is 10.1. The molecule has 4 nitrogen and oxygen atoms in total. The Morgan fingerprint density at radius 1 is 1.55 bits per heavy atom. The third-order valence-corrected chi connectivity index (χ3v) is 2.89. The number of allylic oxidation sites excluding steroid dienone is 4. The van der Waals surface area contributed by atoms with Crippen LogP contribution in [0.25, 0.3) is 11.0 Å². The number of ether oxygens (including phenoxy) is 1. The summed E-state index contributed by atoms with van der Waals surface area (Å²) in [7, 11) is 1.50. The third-order valence-electron chi connectivity index (χ3n) is 2.57. The fraction of sp³-hybridized carbons (Fsp3) is 0.125. The summed E-state index contributed by atoms with van der Waals surface area (Å²) in [6.45, 7) is 5.58. The summed E-state index contributed by atoms with van der Waals surface area (Å²) in [5, 5.41) is 18.1. The van der Waals surface area contributed by atoms with Gasteiger partial charge in [0.05, 0.1) is 7.11 Å². The molecule has 0 fully saturated rings. The summed E-state index contributed by atoms with van der Waals surface area (Å²) < 4.78 is 5.22. The molecule has 0 saturated carbocycles. The molecule has 0 amide bonds. The van der Waals surface area contributed by atoms with E-state index in [9.17, 15) is 4.79 Å². The number of halogens is 1. The van der Waals surface area contributed by atoms with Crippen LogP contribution in [0, 0.1) is 12.7 Å². The Labute approximate surface area is 146 Å². The molecule has 0 unspecified atom stereocenters. The molecule has 1 N–H and O–H groups in total. The van der Waals surface area contributed by atoms with E-state index in [1.807, 2.05) is 0 Å². The van der Waals surface area contributed by atoms with Crippen molar-refractivity contribution in [3.05, 3.63) is 64.6 Å². The van der Waals surface area contributed by atoms with Crippen LogP contribution in [0.4, 0.5) is 0 Å². The number of benzene rings is 1. The Balaban J connectivity index is 0.00000441. The van der Waals surface area contributed by atoms with E-state index in [1.165, 1.54) is 19.3 Å². The van der Waals surface area contributed by atoms with Crippen LogP contribution in [0.5, 0.6) is 5.75 Å². The minimum absolute atomic E-state index is 0. The van der Waals surface area contributed by atoms with Crippen molar-refractivity contribution in [1.82, 2.24) is 0 Å². The second-order valence-electron chi connectivity index (χ2n) is 3.95. The predicted octanol–water partition coefficient (Wildman–Crippen LogP) is 0.570. The molecule has 1 aromatic carbocycles. The van der Waals surface area contributed by atoms with Crippen molar-refractivity contribution >= 4 is 29.4 Å². The number of carboxylic acid groups (broad SMARTS) is 1. The summed E-state index contributed by atoms with van der Waals surface area (Å²) in [5.74, 6) is -0.560. The molecule has 0 aliphatic rings. The van der Waals surface area contributed by atoms with Crippen molar-refractivity contribution in [1.29, 1.82) is 0 Å². The topological polar surface area (TPSA) is 68.8 Å². The van der Waals surface area contributed by atoms with E-state index < -0.39 is 5.97 Å². The van der Waals surface area contributed by atoms with Gasteiger partial charge in [-0.3, -0.25) is 11.4 Å². The first-order valence-corrected chi connectivity index (χ1v) is 6.30. The van der Waals surface area contributed by atoms with Crippen molar-refractivity contribution in [3.8, 4) is 5.75 Å². The first-order valence-electron chi connectivity index (χ1n) is 5.93. The number of rotatable bonds is 7. The Morgan fingerprint density at radius 2 is 2.23 bits per heavy atom. The van der Waals surface area contributed by atoms with Gasteiger partial charge < -0.3 is 21.5 Å². The molecule has 0 atom stereocenters. The monoisotopic (exact) mass is 309 g/mol. The van der Waals surface area contributed by atoms with Gasteiger partial charge in [-0.05, 0) is 17.7 Å². The van der Waals surface area contributed by atoms with Gasteiger partial charge >= 0.3 is 24.8 Å². The van der Waals surface area contributed by atoms with E-state index in [1.54, 1.807) is 18.2 Å². The van der Waals surface area contributed by atoms with Crippen LogP contribution >= 0.6 is 11.6 Å². The predicted molar refractivity (Wildman–Crippen MR) is 83.3 cm³/mol. The molecule has 0 spiro atoms. The SMILES string of the molecule is [CH-]=C/C(=C\[C-]=C(C=[N-])CC(=O)O)c1c(Cl)cccc1OC.[Li+]. The minimum atomic E-state index is -1.08. The maximum atomic E-state index is 10.6. The molecule has 0 aliphatic carbocycles. The van der Waals surface area contributed by atoms with E-state index >= 15 is 0 Å². The number of carboxylic acids is 1. The van der Waals surface area contributed by atoms with Crippen LogP contribution in [0.2, 0.25) is 5.02 Å². The largest absolute Gasteiger partial charge is 1.00 e. The Hall–Kier alpha value is -1.73. The van der Waals surface area contributed by atoms with Gasteiger partial charge in [0.25, 0.3) is 0 Å². The zero-order valence-corrected chi connectivity index (χ0v) is 13.1. The van der Waals surface area contributed by atoms with Gasteiger partial charge in [0.2, 0.25) is 0 Å². The van der Waals surface area contributed by atoms with Crippen molar-refractivity contribution in [2.75, 3.05) is 7.11 Å². The molecular formula is C16H13ClLiNO3-2.